The lowest BCUT2D eigenvalue weighted by Crippen LogP contribution is -2.36. The van der Waals surface area contributed by atoms with Gasteiger partial charge in [0.05, 0.1) is 6.54 Å². The summed E-state index contributed by atoms with van der Waals surface area (Å²) in [6, 6.07) is 8.05. The summed E-state index contributed by atoms with van der Waals surface area (Å²) < 4.78 is 0. The maximum atomic E-state index is 11.6. The Balaban J connectivity index is 2.48. The molecule has 4 nitrogen and oxygen atoms in total. The molecule has 0 unspecified atom stereocenters. The lowest BCUT2D eigenvalue weighted by Gasteiger charge is -2.11. The number of carbonyl (C=O) groups is 2. The molecule has 0 aliphatic carbocycles. The second-order valence-electron chi connectivity index (χ2n) is 4.27. The summed E-state index contributed by atoms with van der Waals surface area (Å²) in [5.74, 6) is -0.845. The first-order chi connectivity index (χ1) is 7.99. The van der Waals surface area contributed by atoms with Crippen molar-refractivity contribution in [1.29, 1.82) is 0 Å². The minimum atomic E-state index is -0.527. The third-order valence-corrected chi connectivity index (χ3v) is 2.55. The largest absolute Gasteiger partial charge is 0.368 e. The zero-order valence-corrected chi connectivity index (χ0v) is 10.2. The highest BCUT2D eigenvalue weighted by atomic mass is 16.2. The lowest BCUT2D eigenvalue weighted by molar-refractivity contribution is -0.127. The van der Waals surface area contributed by atoms with E-state index in [0.717, 1.165) is 5.56 Å². The van der Waals surface area contributed by atoms with E-state index in [0.29, 0.717) is 6.42 Å². The van der Waals surface area contributed by atoms with Crippen molar-refractivity contribution >= 4 is 11.8 Å². The molecule has 0 heterocycles. The minimum Gasteiger partial charge on any atom is -0.368 e. The SMILES string of the molecule is Cc1ccc(C[C@H](C)C(=O)NCC(N)=O)cc1. The predicted octanol–water partition coefficient (Wildman–Crippen LogP) is 0.775. The molecule has 0 saturated heterocycles. The van der Waals surface area contributed by atoms with Gasteiger partial charge in [-0.2, -0.15) is 0 Å². The molecule has 1 atom stereocenters. The highest BCUT2D eigenvalue weighted by Crippen LogP contribution is 2.09. The summed E-state index contributed by atoms with van der Waals surface area (Å²) in [4.78, 5) is 22.1. The molecular weight excluding hydrogens is 216 g/mol. The normalized spacial score (nSPS) is 11.9. The summed E-state index contributed by atoms with van der Waals surface area (Å²) in [6.45, 7) is 3.75. The molecule has 0 saturated carbocycles. The Morgan fingerprint density at radius 3 is 2.41 bits per heavy atom. The van der Waals surface area contributed by atoms with E-state index in [2.05, 4.69) is 5.32 Å². The van der Waals surface area contributed by atoms with Crippen molar-refractivity contribution in [2.24, 2.45) is 11.7 Å². The number of hydrogen-bond acceptors (Lipinski definition) is 2. The Hall–Kier alpha value is -1.84. The van der Waals surface area contributed by atoms with Crippen LogP contribution in [0.5, 0.6) is 0 Å². The highest BCUT2D eigenvalue weighted by molar-refractivity contribution is 5.84. The van der Waals surface area contributed by atoms with Crippen molar-refractivity contribution in [1.82, 2.24) is 5.32 Å². The Morgan fingerprint density at radius 1 is 1.29 bits per heavy atom. The summed E-state index contributed by atoms with van der Waals surface area (Å²) in [5.41, 5.74) is 7.26. The Morgan fingerprint density at radius 2 is 1.88 bits per heavy atom. The van der Waals surface area contributed by atoms with E-state index in [1.54, 1.807) is 0 Å². The van der Waals surface area contributed by atoms with Gasteiger partial charge in [0.15, 0.2) is 0 Å². The number of rotatable bonds is 5. The van der Waals surface area contributed by atoms with Crippen molar-refractivity contribution in [3.05, 3.63) is 35.4 Å². The fourth-order valence-corrected chi connectivity index (χ4v) is 1.52. The van der Waals surface area contributed by atoms with Gasteiger partial charge in [-0.15, -0.1) is 0 Å². The van der Waals surface area contributed by atoms with Gasteiger partial charge in [-0.05, 0) is 18.9 Å². The number of benzene rings is 1. The van der Waals surface area contributed by atoms with E-state index in [4.69, 9.17) is 5.73 Å². The topological polar surface area (TPSA) is 72.2 Å². The van der Waals surface area contributed by atoms with Gasteiger partial charge in [-0.3, -0.25) is 9.59 Å². The van der Waals surface area contributed by atoms with E-state index >= 15 is 0 Å². The van der Waals surface area contributed by atoms with Crippen LogP contribution >= 0.6 is 0 Å². The molecule has 92 valence electrons. The van der Waals surface area contributed by atoms with Crippen molar-refractivity contribution in [3.63, 3.8) is 0 Å². The van der Waals surface area contributed by atoms with E-state index in [1.807, 2.05) is 38.1 Å². The van der Waals surface area contributed by atoms with Crippen LogP contribution in [-0.4, -0.2) is 18.4 Å². The fraction of sp³-hybridized carbons (Fsp3) is 0.385. The Kier molecular flexibility index (Phi) is 4.69. The molecule has 4 heteroatoms. The number of carbonyl (C=O) groups excluding carboxylic acids is 2. The quantitative estimate of drug-likeness (QED) is 0.790. The molecule has 0 fully saturated rings. The second-order valence-corrected chi connectivity index (χ2v) is 4.27. The van der Waals surface area contributed by atoms with Crippen LogP contribution in [0.25, 0.3) is 0 Å². The summed E-state index contributed by atoms with van der Waals surface area (Å²) in [5, 5.41) is 2.50. The van der Waals surface area contributed by atoms with Gasteiger partial charge in [0.2, 0.25) is 11.8 Å². The van der Waals surface area contributed by atoms with E-state index in [1.165, 1.54) is 5.56 Å². The molecule has 1 aromatic rings. The monoisotopic (exact) mass is 234 g/mol. The van der Waals surface area contributed by atoms with Crippen LogP contribution in [0.15, 0.2) is 24.3 Å². The first kappa shape index (κ1) is 13.2. The van der Waals surface area contributed by atoms with Gasteiger partial charge in [-0.1, -0.05) is 36.8 Å². The first-order valence-electron chi connectivity index (χ1n) is 5.60. The molecule has 1 aromatic carbocycles. The number of amides is 2. The highest BCUT2D eigenvalue weighted by Gasteiger charge is 2.13. The van der Waals surface area contributed by atoms with Crippen LogP contribution in [0.3, 0.4) is 0 Å². The van der Waals surface area contributed by atoms with E-state index in [-0.39, 0.29) is 18.4 Å². The van der Waals surface area contributed by atoms with Crippen molar-refractivity contribution < 1.29 is 9.59 Å². The van der Waals surface area contributed by atoms with Gasteiger partial charge in [0.25, 0.3) is 0 Å². The molecule has 0 aliphatic heterocycles. The van der Waals surface area contributed by atoms with Gasteiger partial charge in [0.1, 0.15) is 0 Å². The molecule has 0 spiro atoms. The molecular formula is C13H18N2O2. The molecule has 3 N–H and O–H groups in total. The van der Waals surface area contributed by atoms with E-state index in [9.17, 15) is 9.59 Å². The number of hydrogen-bond donors (Lipinski definition) is 2. The van der Waals surface area contributed by atoms with Crippen LogP contribution in [0.2, 0.25) is 0 Å². The zero-order valence-electron chi connectivity index (χ0n) is 10.2. The molecule has 1 rings (SSSR count). The maximum absolute atomic E-state index is 11.6. The van der Waals surface area contributed by atoms with Crippen LogP contribution in [-0.2, 0) is 16.0 Å². The predicted molar refractivity (Wildman–Crippen MR) is 66.3 cm³/mol. The van der Waals surface area contributed by atoms with Gasteiger partial charge >= 0.3 is 0 Å². The molecule has 0 aliphatic rings. The maximum Gasteiger partial charge on any atom is 0.236 e. The third kappa shape index (κ3) is 4.68. The number of nitrogens with one attached hydrogen (secondary N) is 1. The summed E-state index contributed by atoms with van der Waals surface area (Å²) >= 11 is 0. The molecule has 0 bridgehead atoms. The van der Waals surface area contributed by atoms with Crippen LogP contribution in [0.1, 0.15) is 18.1 Å². The second kappa shape index (κ2) is 6.03. The van der Waals surface area contributed by atoms with Crippen LogP contribution < -0.4 is 11.1 Å². The Labute approximate surface area is 101 Å². The Bertz CT molecular complexity index is 398. The molecule has 17 heavy (non-hydrogen) atoms. The molecule has 0 aromatic heterocycles. The van der Waals surface area contributed by atoms with Crippen molar-refractivity contribution in [2.75, 3.05) is 6.54 Å². The van der Waals surface area contributed by atoms with Crippen molar-refractivity contribution in [2.45, 2.75) is 20.3 Å². The van der Waals surface area contributed by atoms with Gasteiger partial charge in [-0.25, -0.2) is 0 Å². The molecule has 0 radical (unpaired) electrons. The standard InChI is InChI=1S/C13H18N2O2/c1-9-3-5-11(6-4-9)7-10(2)13(17)15-8-12(14)16/h3-6,10H,7-8H2,1-2H3,(H2,14,16)(H,15,17)/t10-/m0/s1. The number of aryl methyl sites for hydroxylation is 1. The average Bonchev–Trinajstić information content (AvgIpc) is 2.28. The number of primary amides is 1. The zero-order chi connectivity index (χ0) is 12.8. The van der Waals surface area contributed by atoms with Crippen molar-refractivity contribution in [3.8, 4) is 0 Å². The average molecular weight is 234 g/mol. The minimum absolute atomic E-state index is 0.100. The fourth-order valence-electron chi connectivity index (χ4n) is 1.52. The van der Waals surface area contributed by atoms with Gasteiger partial charge in [0, 0.05) is 5.92 Å². The van der Waals surface area contributed by atoms with Crippen LogP contribution in [0.4, 0.5) is 0 Å². The summed E-state index contributed by atoms with van der Waals surface area (Å²) in [6.07, 6.45) is 0.658. The number of nitrogens with two attached hydrogens (primary N) is 1. The van der Waals surface area contributed by atoms with Crippen LogP contribution in [0, 0.1) is 12.8 Å². The molecule has 2 amide bonds. The smallest absolute Gasteiger partial charge is 0.236 e. The lowest BCUT2D eigenvalue weighted by atomic mass is 9.99. The first-order valence-corrected chi connectivity index (χ1v) is 5.60. The summed E-state index contributed by atoms with van der Waals surface area (Å²) in [7, 11) is 0. The van der Waals surface area contributed by atoms with E-state index < -0.39 is 5.91 Å². The third-order valence-electron chi connectivity index (χ3n) is 2.55. The van der Waals surface area contributed by atoms with Gasteiger partial charge < -0.3 is 11.1 Å².